The molecular weight excluding hydrogens is 321 g/mol. The fourth-order valence-electron chi connectivity index (χ4n) is 1.59. The molecule has 0 aliphatic heterocycles. The first-order valence-electron chi connectivity index (χ1n) is 5.22. The van der Waals surface area contributed by atoms with Gasteiger partial charge in [-0.2, -0.15) is 0 Å². The van der Waals surface area contributed by atoms with Crippen molar-refractivity contribution in [2.75, 3.05) is 6.61 Å². The fourth-order valence-corrected chi connectivity index (χ4v) is 2.45. The Bertz CT molecular complexity index is 681. The molecule has 1 N–H and O–H groups in total. The number of aromatic nitrogens is 1. The van der Waals surface area contributed by atoms with Gasteiger partial charge >= 0.3 is 5.97 Å². The summed E-state index contributed by atoms with van der Waals surface area (Å²) in [7, 11) is 0. The number of rotatable bonds is 2. The third-order valence-corrected chi connectivity index (χ3v) is 3.11. The lowest BCUT2D eigenvalue weighted by Crippen LogP contribution is -2.12. The Morgan fingerprint density at radius 2 is 2.17 bits per heavy atom. The third-order valence-electron chi connectivity index (χ3n) is 2.35. The number of aromatic amines is 1. The number of hydrogen-bond acceptors (Lipinski definition) is 3. The van der Waals surface area contributed by atoms with Crippen LogP contribution >= 0.6 is 27.5 Å². The number of carbonyl (C=O) groups excluding carboxylic acids is 1. The Hall–Kier alpha value is -1.33. The molecule has 0 saturated heterocycles. The zero-order chi connectivity index (χ0) is 13.3. The number of benzene rings is 1. The highest BCUT2D eigenvalue weighted by Gasteiger charge is 2.12. The monoisotopic (exact) mass is 329 g/mol. The Morgan fingerprint density at radius 1 is 1.44 bits per heavy atom. The van der Waals surface area contributed by atoms with E-state index in [9.17, 15) is 9.59 Å². The van der Waals surface area contributed by atoms with Crippen LogP contribution in [0.25, 0.3) is 10.9 Å². The summed E-state index contributed by atoms with van der Waals surface area (Å²) in [4.78, 5) is 26.3. The molecular formula is C12H9BrClNO3. The maximum absolute atomic E-state index is 11.9. The second-order valence-electron chi connectivity index (χ2n) is 3.58. The van der Waals surface area contributed by atoms with Crippen LogP contribution in [0.5, 0.6) is 0 Å². The van der Waals surface area contributed by atoms with Crippen LogP contribution in [0.15, 0.2) is 27.5 Å². The number of pyridine rings is 1. The molecule has 0 aliphatic rings. The van der Waals surface area contributed by atoms with Gasteiger partial charge in [-0.1, -0.05) is 27.5 Å². The van der Waals surface area contributed by atoms with E-state index in [1.807, 2.05) is 0 Å². The van der Waals surface area contributed by atoms with Gasteiger partial charge in [0.2, 0.25) is 0 Å². The van der Waals surface area contributed by atoms with Gasteiger partial charge in [-0.15, -0.1) is 0 Å². The van der Waals surface area contributed by atoms with Crippen LogP contribution in [-0.4, -0.2) is 17.6 Å². The highest BCUT2D eigenvalue weighted by Crippen LogP contribution is 2.25. The Kier molecular flexibility index (Phi) is 3.73. The van der Waals surface area contributed by atoms with E-state index < -0.39 is 5.97 Å². The minimum Gasteiger partial charge on any atom is -0.461 e. The Morgan fingerprint density at radius 3 is 2.83 bits per heavy atom. The molecule has 0 amide bonds. The molecule has 2 aromatic rings. The number of ether oxygens (including phenoxy) is 1. The van der Waals surface area contributed by atoms with Gasteiger partial charge in [-0.25, -0.2) is 4.79 Å². The molecule has 0 radical (unpaired) electrons. The molecule has 1 aromatic carbocycles. The maximum Gasteiger partial charge on any atom is 0.354 e. The average Bonchev–Trinajstić information content (AvgIpc) is 2.30. The number of hydrogen-bond donors (Lipinski definition) is 1. The molecule has 0 unspecified atom stereocenters. The smallest absolute Gasteiger partial charge is 0.354 e. The molecule has 6 heteroatoms. The van der Waals surface area contributed by atoms with Gasteiger partial charge in [0, 0.05) is 15.9 Å². The first-order chi connectivity index (χ1) is 8.52. The number of H-pyrrole nitrogens is 1. The lowest BCUT2D eigenvalue weighted by Gasteiger charge is -2.05. The van der Waals surface area contributed by atoms with Crippen molar-refractivity contribution in [1.29, 1.82) is 0 Å². The minimum atomic E-state index is -0.574. The van der Waals surface area contributed by atoms with E-state index in [2.05, 4.69) is 20.9 Å². The predicted octanol–water partition coefficient (Wildman–Crippen LogP) is 3.12. The zero-order valence-corrected chi connectivity index (χ0v) is 11.8. The highest BCUT2D eigenvalue weighted by atomic mass is 79.9. The summed E-state index contributed by atoms with van der Waals surface area (Å²) in [6.45, 7) is 1.94. The quantitative estimate of drug-likeness (QED) is 0.861. The van der Waals surface area contributed by atoms with Gasteiger partial charge in [-0.3, -0.25) is 4.79 Å². The lowest BCUT2D eigenvalue weighted by atomic mass is 10.2. The lowest BCUT2D eigenvalue weighted by molar-refractivity contribution is 0.0520. The van der Waals surface area contributed by atoms with Crippen LogP contribution in [0.1, 0.15) is 17.4 Å². The summed E-state index contributed by atoms with van der Waals surface area (Å²) < 4.78 is 5.54. The Labute approximate surface area is 116 Å². The van der Waals surface area contributed by atoms with Gasteiger partial charge in [0.15, 0.2) is 5.43 Å². The van der Waals surface area contributed by atoms with Crippen LogP contribution in [0.3, 0.4) is 0 Å². The maximum atomic E-state index is 11.9. The standard InChI is InChI=1S/C12H9BrClNO3/c1-2-18-12(17)9-5-10(16)7-3-6(13)4-8(14)11(7)15-9/h3-5H,2H2,1H3,(H,15,16). The summed E-state index contributed by atoms with van der Waals surface area (Å²) in [5.74, 6) is -0.574. The van der Waals surface area contributed by atoms with E-state index in [1.165, 1.54) is 6.07 Å². The topological polar surface area (TPSA) is 59.2 Å². The summed E-state index contributed by atoms with van der Waals surface area (Å²) in [5, 5.41) is 0.782. The average molecular weight is 331 g/mol. The van der Waals surface area contributed by atoms with Crippen molar-refractivity contribution in [3.63, 3.8) is 0 Å². The van der Waals surface area contributed by atoms with E-state index in [4.69, 9.17) is 16.3 Å². The van der Waals surface area contributed by atoms with Crippen molar-refractivity contribution in [2.24, 2.45) is 0 Å². The van der Waals surface area contributed by atoms with Crippen LogP contribution < -0.4 is 5.43 Å². The van der Waals surface area contributed by atoms with Crippen LogP contribution in [0.4, 0.5) is 0 Å². The number of esters is 1. The molecule has 4 nitrogen and oxygen atoms in total. The van der Waals surface area contributed by atoms with Crippen molar-refractivity contribution >= 4 is 44.4 Å². The normalized spacial score (nSPS) is 10.6. The molecule has 1 aromatic heterocycles. The second kappa shape index (κ2) is 5.12. The zero-order valence-electron chi connectivity index (χ0n) is 9.42. The fraction of sp³-hybridized carbons (Fsp3) is 0.167. The number of halogens is 2. The first kappa shape index (κ1) is 13.1. The van der Waals surface area contributed by atoms with Crippen molar-refractivity contribution in [1.82, 2.24) is 4.98 Å². The van der Waals surface area contributed by atoms with Gasteiger partial charge in [0.1, 0.15) is 5.69 Å². The summed E-state index contributed by atoms with van der Waals surface area (Å²) in [6.07, 6.45) is 0. The third kappa shape index (κ3) is 2.42. The molecule has 0 spiro atoms. The van der Waals surface area contributed by atoms with Crippen molar-refractivity contribution in [3.8, 4) is 0 Å². The SMILES string of the molecule is CCOC(=O)c1cc(=O)c2cc(Br)cc(Cl)c2[nH]1. The van der Waals surface area contributed by atoms with Gasteiger partial charge < -0.3 is 9.72 Å². The molecule has 18 heavy (non-hydrogen) atoms. The van der Waals surface area contributed by atoms with E-state index >= 15 is 0 Å². The van der Waals surface area contributed by atoms with Crippen LogP contribution in [-0.2, 0) is 4.74 Å². The molecule has 0 bridgehead atoms. The molecule has 0 fully saturated rings. The van der Waals surface area contributed by atoms with Crippen molar-refractivity contribution in [2.45, 2.75) is 6.92 Å². The van der Waals surface area contributed by atoms with Gasteiger partial charge in [0.25, 0.3) is 0 Å². The van der Waals surface area contributed by atoms with E-state index in [-0.39, 0.29) is 17.7 Å². The minimum absolute atomic E-state index is 0.0959. The largest absolute Gasteiger partial charge is 0.461 e. The predicted molar refractivity (Wildman–Crippen MR) is 73.2 cm³/mol. The summed E-state index contributed by atoms with van der Waals surface area (Å²) in [5.41, 5.74) is 0.240. The number of nitrogens with one attached hydrogen (secondary N) is 1. The van der Waals surface area contributed by atoms with Gasteiger partial charge in [0.05, 0.1) is 17.1 Å². The molecule has 2 rings (SSSR count). The van der Waals surface area contributed by atoms with Crippen molar-refractivity contribution in [3.05, 3.63) is 43.6 Å². The summed E-state index contributed by atoms with van der Waals surface area (Å²) >= 11 is 9.30. The highest BCUT2D eigenvalue weighted by molar-refractivity contribution is 9.10. The molecule has 0 saturated carbocycles. The number of fused-ring (bicyclic) bond motifs is 1. The number of carbonyl (C=O) groups is 1. The van der Waals surface area contributed by atoms with Crippen molar-refractivity contribution < 1.29 is 9.53 Å². The first-order valence-corrected chi connectivity index (χ1v) is 6.39. The van der Waals surface area contributed by atoms with E-state index in [0.29, 0.717) is 20.4 Å². The second-order valence-corrected chi connectivity index (χ2v) is 4.90. The molecule has 0 aliphatic carbocycles. The van der Waals surface area contributed by atoms with Crippen LogP contribution in [0, 0.1) is 0 Å². The molecule has 94 valence electrons. The van der Waals surface area contributed by atoms with Crippen LogP contribution in [0.2, 0.25) is 5.02 Å². The Balaban J connectivity index is 2.69. The summed E-state index contributed by atoms with van der Waals surface area (Å²) in [6, 6.07) is 4.51. The molecule has 1 heterocycles. The van der Waals surface area contributed by atoms with E-state index in [1.54, 1.807) is 19.1 Å². The van der Waals surface area contributed by atoms with E-state index in [0.717, 1.165) is 0 Å². The van der Waals surface area contributed by atoms with Gasteiger partial charge in [-0.05, 0) is 19.1 Å². The molecule has 0 atom stereocenters.